The average molecular weight is 920 g/mol. The maximum atomic E-state index is 13.0. The predicted molar refractivity (Wildman–Crippen MR) is 252 cm³/mol. The monoisotopic (exact) mass is 920 g/mol. The van der Waals surface area contributed by atoms with Crippen LogP contribution >= 0.6 is 7.82 Å². The minimum atomic E-state index is -5.15. The van der Waals surface area contributed by atoms with E-state index in [0.717, 1.165) is 44.9 Å². The van der Waals surface area contributed by atoms with E-state index in [9.17, 15) is 50.0 Å². The molecule has 1 aliphatic rings. The van der Waals surface area contributed by atoms with E-state index in [4.69, 9.17) is 9.05 Å². The van der Waals surface area contributed by atoms with Crippen molar-refractivity contribution in [3.05, 3.63) is 24.3 Å². The second kappa shape index (κ2) is 38.8. The predicted octanol–water partition coefficient (Wildman–Crippen LogP) is 9.15. The van der Waals surface area contributed by atoms with Gasteiger partial charge >= 0.3 is 7.82 Å². The van der Waals surface area contributed by atoms with Crippen LogP contribution in [-0.2, 0) is 18.4 Å². The number of nitrogens with one attached hydrogen (secondary N) is 1. The number of carbonyl (C=O) groups excluding carboxylic acids is 1. The molecule has 1 rings (SSSR count). The van der Waals surface area contributed by atoms with Crippen LogP contribution in [0, 0.1) is 0 Å². The van der Waals surface area contributed by atoms with Crippen LogP contribution in [-0.4, -0.2) is 108 Å². The maximum absolute atomic E-state index is 13.0. The minimum absolute atomic E-state index is 0.249. The second-order valence-corrected chi connectivity index (χ2v) is 19.6. The molecule has 372 valence electrons. The molecule has 1 aliphatic carbocycles. The summed E-state index contributed by atoms with van der Waals surface area (Å²) in [6, 6.07) is -1.25. The summed E-state index contributed by atoms with van der Waals surface area (Å²) in [5, 5.41) is 74.5. The maximum Gasteiger partial charge on any atom is 0.472 e. The largest absolute Gasteiger partial charge is 0.472 e. The van der Waals surface area contributed by atoms with E-state index >= 15 is 0 Å². The van der Waals surface area contributed by atoms with Gasteiger partial charge in [-0.2, -0.15) is 0 Å². The molecule has 1 amide bonds. The number of rotatable bonds is 42. The van der Waals surface area contributed by atoms with E-state index in [0.29, 0.717) is 12.8 Å². The Labute approximate surface area is 382 Å². The number of phosphoric acid groups is 1. The summed E-state index contributed by atoms with van der Waals surface area (Å²) in [6.07, 6.45) is 29.9. The van der Waals surface area contributed by atoms with Crippen molar-refractivity contribution in [2.75, 3.05) is 6.61 Å². The number of amides is 1. The molecule has 1 fully saturated rings. The van der Waals surface area contributed by atoms with Gasteiger partial charge in [0.2, 0.25) is 5.91 Å². The summed E-state index contributed by atoms with van der Waals surface area (Å²) in [5.41, 5.74) is 0. The highest BCUT2D eigenvalue weighted by Crippen LogP contribution is 2.47. The van der Waals surface area contributed by atoms with E-state index in [1.54, 1.807) is 6.08 Å². The summed E-state index contributed by atoms with van der Waals surface area (Å²) in [6.45, 7) is 3.73. The van der Waals surface area contributed by atoms with Crippen molar-refractivity contribution in [1.82, 2.24) is 5.32 Å². The zero-order chi connectivity index (χ0) is 46.6. The molecule has 0 spiro atoms. The van der Waals surface area contributed by atoms with Crippen LogP contribution in [0.2, 0.25) is 0 Å². The Balaban J connectivity index is 2.46. The second-order valence-electron chi connectivity index (χ2n) is 18.2. The third-order valence-electron chi connectivity index (χ3n) is 12.3. The van der Waals surface area contributed by atoms with Gasteiger partial charge < -0.3 is 46.0 Å². The Bertz CT molecular complexity index is 1180. The van der Waals surface area contributed by atoms with E-state index in [-0.39, 0.29) is 6.42 Å². The molecule has 14 heteroatoms. The highest BCUT2D eigenvalue weighted by Gasteiger charge is 2.51. The molecular weight excluding hydrogens is 826 g/mol. The number of carbonyl (C=O) groups is 1. The molecule has 0 bridgehead atoms. The molecule has 1 saturated carbocycles. The fraction of sp³-hybridized carbons (Fsp3) is 0.898. The van der Waals surface area contributed by atoms with Crippen molar-refractivity contribution < 1.29 is 59.0 Å². The van der Waals surface area contributed by atoms with Crippen LogP contribution < -0.4 is 5.32 Å². The molecule has 8 atom stereocenters. The normalized spacial score (nSPS) is 23.0. The summed E-state index contributed by atoms with van der Waals surface area (Å²) < 4.78 is 22.9. The smallest absolute Gasteiger partial charge is 0.393 e. The molecule has 0 aromatic rings. The summed E-state index contributed by atoms with van der Waals surface area (Å²) in [7, 11) is -5.15. The number of allylic oxidation sites excluding steroid dienone is 3. The first kappa shape index (κ1) is 59.8. The SMILES string of the molecule is CCCCCCCCC/C=C/CC/C=C/C(O)C(COP(=O)(O)OC1C(O)C(O)C(O)C(O)C1O)NC(=O)CC(O)CCCCCCCCCCCCCCCCCCCCCC. The number of aliphatic hydroxyl groups is 7. The van der Waals surface area contributed by atoms with Crippen LogP contribution in [0.4, 0.5) is 0 Å². The zero-order valence-electron chi connectivity index (χ0n) is 39.5. The standard InChI is InChI=1S/C49H94NO12P/c1-3-5-7-9-11-13-15-17-18-19-20-21-22-23-25-26-28-30-32-34-36-40(51)38-43(53)50-41(42(52)37-35-33-31-29-27-24-16-14-12-10-8-6-4-2)39-61-63(59,60)62-49-47(57)45(55)44(54)46(56)48(49)58/h27,29,35,37,40-42,44-49,51-52,54-58H,3-26,28,30-34,36,38-39H2,1-2H3,(H,50,53)(H,59,60)/b29-27+,37-35+. The first-order valence-electron chi connectivity index (χ1n) is 25.4. The molecule has 0 aromatic carbocycles. The molecule has 0 radical (unpaired) electrons. The van der Waals surface area contributed by atoms with Crippen molar-refractivity contribution in [2.45, 2.75) is 274 Å². The Kier molecular flexibility index (Phi) is 36.9. The molecule has 0 aliphatic heterocycles. The van der Waals surface area contributed by atoms with Crippen molar-refractivity contribution in [2.24, 2.45) is 0 Å². The Morgan fingerprint density at radius 2 is 0.937 bits per heavy atom. The first-order chi connectivity index (χ1) is 30.3. The fourth-order valence-corrected chi connectivity index (χ4v) is 9.11. The van der Waals surface area contributed by atoms with Gasteiger partial charge in [-0.05, 0) is 32.1 Å². The number of unbranched alkanes of at least 4 members (excludes halogenated alkanes) is 27. The van der Waals surface area contributed by atoms with Gasteiger partial charge in [-0.1, -0.05) is 205 Å². The Morgan fingerprint density at radius 3 is 1.40 bits per heavy atom. The quantitative estimate of drug-likeness (QED) is 0.0159. The summed E-state index contributed by atoms with van der Waals surface area (Å²) in [5.74, 6) is -0.600. The van der Waals surface area contributed by atoms with E-state index in [2.05, 4.69) is 31.3 Å². The Hall–Kier alpha value is -1.22. The van der Waals surface area contributed by atoms with Gasteiger partial charge in [-0.25, -0.2) is 4.57 Å². The lowest BCUT2D eigenvalue weighted by Gasteiger charge is -2.41. The van der Waals surface area contributed by atoms with E-state index in [1.807, 2.05) is 0 Å². The molecule has 63 heavy (non-hydrogen) atoms. The summed E-state index contributed by atoms with van der Waals surface area (Å²) in [4.78, 5) is 23.5. The lowest BCUT2D eigenvalue weighted by atomic mass is 9.85. The highest BCUT2D eigenvalue weighted by molar-refractivity contribution is 7.47. The molecule has 13 nitrogen and oxygen atoms in total. The third kappa shape index (κ3) is 30.6. The van der Waals surface area contributed by atoms with Crippen LogP contribution in [0.3, 0.4) is 0 Å². The summed E-state index contributed by atoms with van der Waals surface area (Å²) >= 11 is 0. The highest BCUT2D eigenvalue weighted by atomic mass is 31.2. The number of aliphatic hydroxyl groups excluding tert-OH is 7. The fourth-order valence-electron chi connectivity index (χ4n) is 8.14. The van der Waals surface area contributed by atoms with Crippen molar-refractivity contribution in [3.8, 4) is 0 Å². The van der Waals surface area contributed by atoms with Gasteiger partial charge in [0.25, 0.3) is 0 Å². The van der Waals surface area contributed by atoms with Gasteiger partial charge in [0.05, 0.1) is 31.3 Å². The van der Waals surface area contributed by atoms with Crippen molar-refractivity contribution >= 4 is 13.7 Å². The molecule has 0 heterocycles. The lowest BCUT2D eigenvalue weighted by molar-refractivity contribution is -0.220. The average Bonchev–Trinajstić information content (AvgIpc) is 3.26. The van der Waals surface area contributed by atoms with Gasteiger partial charge in [-0.3, -0.25) is 13.8 Å². The number of phosphoric ester groups is 1. The molecule has 9 N–H and O–H groups in total. The topological polar surface area (TPSA) is 226 Å². The number of hydrogen-bond donors (Lipinski definition) is 9. The van der Waals surface area contributed by atoms with Gasteiger partial charge in [-0.15, -0.1) is 0 Å². The lowest BCUT2D eigenvalue weighted by Crippen LogP contribution is -2.64. The van der Waals surface area contributed by atoms with Gasteiger partial charge in [0.1, 0.15) is 36.6 Å². The molecule has 0 aromatic heterocycles. The van der Waals surface area contributed by atoms with Crippen molar-refractivity contribution in [3.63, 3.8) is 0 Å². The van der Waals surface area contributed by atoms with Crippen LogP contribution in [0.25, 0.3) is 0 Å². The van der Waals surface area contributed by atoms with Crippen LogP contribution in [0.1, 0.15) is 219 Å². The Morgan fingerprint density at radius 1 is 0.556 bits per heavy atom. The molecular formula is C49H94NO12P. The van der Waals surface area contributed by atoms with Crippen LogP contribution in [0.15, 0.2) is 24.3 Å². The van der Waals surface area contributed by atoms with E-state index in [1.165, 1.54) is 147 Å². The van der Waals surface area contributed by atoms with Crippen LogP contribution in [0.5, 0.6) is 0 Å². The van der Waals surface area contributed by atoms with Crippen molar-refractivity contribution in [1.29, 1.82) is 0 Å². The minimum Gasteiger partial charge on any atom is -0.393 e. The van der Waals surface area contributed by atoms with Gasteiger partial charge in [0.15, 0.2) is 0 Å². The van der Waals surface area contributed by atoms with E-state index < -0.39 is 75.2 Å². The van der Waals surface area contributed by atoms with Gasteiger partial charge in [0, 0.05) is 0 Å². The molecule has 0 saturated heterocycles. The zero-order valence-corrected chi connectivity index (χ0v) is 40.4. The number of hydrogen-bond acceptors (Lipinski definition) is 11. The first-order valence-corrected chi connectivity index (χ1v) is 26.9. The molecule has 8 unspecified atom stereocenters. The third-order valence-corrected chi connectivity index (χ3v) is 13.3.